The number of aromatic nitrogens is 1. The Morgan fingerprint density at radius 1 is 1.06 bits per heavy atom. The van der Waals surface area contributed by atoms with Crippen LogP contribution >= 0.6 is 0 Å². The van der Waals surface area contributed by atoms with Gasteiger partial charge in [-0.15, -0.1) is 0 Å². The minimum absolute atomic E-state index is 0.0473. The molecule has 3 amide bonds. The molecule has 11 N–H and O–H groups in total. The topological polar surface area (TPSA) is 231 Å². The van der Waals surface area contributed by atoms with E-state index in [1.165, 1.54) is 6.92 Å². The number of carbonyl (C=O) groups excluding carboxylic acids is 3. The molecule has 0 spiro atoms. The standard InChI is InChI=1S/C22H32N8O5/c1-12(28-20(33)16(29-18(31)10-23)7-4-8-26-22(24)25)19(32)30-17(21(34)35)9-13-11-27-15-6-3-2-5-14(13)15/h2-3,5-6,11-12,16-17,27H,4,7-10,23H2,1H3,(H,28,33)(H,29,31)(H,30,32)(H,34,35)(H4,24,25,26). The highest BCUT2D eigenvalue weighted by Crippen LogP contribution is 2.19. The summed E-state index contributed by atoms with van der Waals surface area (Å²) in [7, 11) is 0. The van der Waals surface area contributed by atoms with E-state index in [4.69, 9.17) is 17.2 Å². The fraction of sp³-hybridized carbons (Fsp3) is 0.409. The first-order valence-electron chi connectivity index (χ1n) is 11.1. The van der Waals surface area contributed by atoms with E-state index in [9.17, 15) is 24.3 Å². The summed E-state index contributed by atoms with van der Waals surface area (Å²) in [5.41, 5.74) is 17.5. The highest BCUT2D eigenvalue weighted by Gasteiger charge is 2.27. The molecule has 0 aliphatic heterocycles. The average Bonchev–Trinajstić information content (AvgIpc) is 3.22. The number of hydrogen-bond acceptors (Lipinski definition) is 6. The van der Waals surface area contributed by atoms with E-state index in [1.807, 2.05) is 24.3 Å². The number of amides is 3. The fourth-order valence-electron chi connectivity index (χ4n) is 3.42. The fourth-order valence-corrected chi connectivity index (χ4v) is 3.42. The Morgan fingerprint density at radius 2 is 1.77 bits per heavy atom. The molecular weight excluding hydrogens is 456 g/mol. The number of carboxylic acids is 1. The summed E-state index contributed by atoms with van der Waals surface area (Å²) in [6.45, 7) is 1.34. The largest absolute Gasteiger partial charge is 0.480 e. The summed E-state index contributed by atoms with van der Waals surface area (Å²) in [5, 5.41) is 17.9. The van der Waals surface area contributed by atoms with Gasteiger partial charge < -0.3 is 43.2 Å². The summed E-state index contributed by atoms with van der Waals surface area (Å²) < 4.78 is 0. The van der Waals surface area contributed by atoms with Crippen molar-refractivity contribution in [2.45, 2.75) is 44.3 Å². The second kappa shape index (κ2) is 12.9. The summed E-state index contributed by atoms with van der Waals surface area (Å²) in [4.78, 5) is 55.8. The number of guanidine groups is 1. The molecule has 0 aliphatic rings. The molecule has 0 saturated carbocycles. The van der Waals surface area contributed by atoms with Crippen molar-refractivity contribution >= 4 is 40.6 Å². The van der Waals surface area contributed by atoms with Gasteiger partial charge in [-0.25, -0.2) is 4.79 Å². The van der Waals surface area contributed by atoms with Crippen molar-refractivity contribution in [2.75, 3.05) is 13.1 Å². The van der Waals surface area contributed by atoms with Gasteiger partial charge in [-0.1, -0.05) is 18.2 Å². The molecule has 0 saturated heterocycles. The normalized spacial score (nSPS) is 13.3. The molecule has 2 aromatic rings. The smallest absolute Gasteiger partial charge is 0.326 e. The highest BCUT2D eigenvalue weighted by atomic mass is 16.4. The lowest BCUT2D eigenvalue weighted by Crippen LogP contribution is -2.55. The molecule has 0 fully saturated rings. The maximum absolute atomic E-state index is 12.7. The Bertz CT molecular complexity index is 1080. The van der Waals surface area contributed by atoms with Crippen LogP contribution in [0.2, 0.25) is 0 Å². The first-order valence-corrected chi connectivity index (χ1v) is 11.1. The summed E-state index contributed by atoms with van der Waals surface area (Å²) in [5.74, 6) is -3.16. The zero-order valence-corrected chi connectivity index (χ0v) is 19.4. The molecule has 13 heteroatoms. The molecular formula is C22H32N8O5. The SMILES string of the molecule is CC(NC(=O)C(CCCN=C(N)N)NC(=O)CN)C(=O)NC(Cc1c[nH]c2ccccc12)C(=O)O. The van der Waals surface area contributed by atoms with Crippen molar-refractivity contribution in [1.29, 1.82) is 0 Å². The van der Waals surface area contributed by atoms with E-state index in [1.54, 1.807) is 6.20 Å². The van der Waals surface area contributed by atoms with Crippen LogP contribution in [-0.2, 0) is 25.6 Å². The van der Waals surface area contributed by atoms with Crippen LogP contribution in [0, 0.1) is 0 Å². The maximum atomic E-state index is 12.7. The van der Waals surface area contributed by atoms with Crippen molar-refractivity contribution < 1.29 is 24.3 Å². The number of nitrogens with zero attached hydrogens (tertiary/aromatic N) is 1. The molecule has 2 rings (SSSR count). The van der Waals surface area contributed by atoms with Crippen LogP contribution in [0.25, 0.3) is 10.9 Å². The quantitative estimate of drug-likeness (QED) is 0.0915. The first-order chi connectivity index (χ1) is 16.6. The second-order valence-electron chi connectivity index (χ2n) is 7.97. The molecule has 3 atom stereocenters. The van der Waals surface area contributed by atoms with E-state index < -0.39 is 41.8 Å². The Balaban J connectivity index is 2.00. The predicted molar refractivity (Wildman–Crippen MR) is 130 cm³/mol. The third-order valence-electron chi connectivity index (χ3n) is 5.25. The van der Waals surface area contributed by atoms with Crippen LogP contribution in [0.4, 0.5) is 0 Å². The van der Waals surface area contributed by atoms with Crippen LogP contribution in [0.5, 0.6) is 0 Å². The number of rotatable bonds is 13. The van der Waals surface area contributed by atoms with Crippen molar-refractivity contribution in [3.63, 3.8) is 0 Å². The van der Waals surface area contributed by atoms with E-state index in [0.29, 0.717) is 6.42 Å². The van der Waals surface area contributed by atoms with Crippen molar-refractivity contribution in [2.24, 2.45) is 22.2 Å². The minimum Gasteiger partial charge on any atom is -0.480 e. The van der Waals surface area contributed by atoms with Crippen molar-refractivity contribution in [3.8, 4) is 0 Å². The number of aliphatic imine (C=N–C) groups is 1. The number of fused-ring (bicyclic) bond motifs is 1. The van der Waals surface area contributed by atoms with Crippen LogP contribution in [-0.4, -0.2) is 71.0 Å². The van der Waals surface area contributed by atoms with Gasteiger partial charge in [-0.2, -0.15) is 0 Å². The molecule has 0 radical (unpaired) electrons. The van der Waals surface area contributed by atoms with E-state index in [0.717, 1.165) is 16.5 Å². The monoisotopic (exact) mass is 488 g/mol. The Kier molecular flexibility index (Phi) is 10.0. The second-order valence-corrected chi connectivity index (χ2v) is 7.97. The number of carbonyl (C=O) groups is 4. The summed E-state index contributed by atoms with van der Waals surface area (Å²) in [6.07, 6.45) is 2.32. The number of nitrogens with two attached hydrogens (primary N) is 3. The number of carboxylic acid groups (broad SMARTS) is 1. The lowest BCUT2D eigenvalue weighted by atomic mass is 10.0. The zero-order chi connectivity index (χ0) is 26.0. The zero-order valence-electron chi connectivity index (χ0n) is 19.4. The van der Waals surface area contributed by atoms with Gasteiger partial charge in [-0.3, -0.25) is 19.4 Å². The number of H-pyrrole nitrogens is 1. The molecule has 190 valence electrons. The number of nitrogens with one attached hydrogen (secondary N) is 4. The van der Waals surface area contributed by atoms with Gasteiger partial charge in [0.05, 0.1) is 6.54 Å². The number of benzene rings is 1. The third-order valence-corrected chi connectivity index (χ3v) is 5.25. The minimum atomic E-state index is -1.21. The van der Waals surface area contributed by atoms with Gasteiger partial charge in [0.2, 0.25) is 17.7 Å². The van der Waals surface area contributed by atoms with Crippen molar-refractivity contribution in [1.82, 2.24) is 20.9 Å². The van der Waals surface area contributed by atoms with Gasteiger partial charge in [0.1, 0.15) is 18.1 Å². The highest BCUT2D eigenvalue weighted by molar-refractivity contribution is 5.93. The molecule has 35 heavy (non-hydrogen) atoms. The summed E-state index contributed by atoms with van der Waals surface area (Å²) in [6, 6.07) is 4.15. The molecule has 1 aromatic heterocycles. The predicted octanol–water partition coefficient (Wildman–Crippen LogP) is -1.72. The van der Waals surface area contributed by atoms with Crippen molar-refractivity contribution in [3.05, 3.63) is 36.0 Å². The maximum Gasteiger partial charge on any atom is 0.326 e. The average molecular weight is 489 g/mol. The number of aromatic amines is 1. The van der Waals surface area contributed by atoms with Gasteiger partial charge in [0, 0.05) is 30.1 Å². The van der Waals surface area contributed by atoms with Gasteiger partial charge >= 0.3 is 5.97 Å². The van der Waals surface area contributed by atoms with E-state index in [-0.39, 0.29) is 31.9 Å². The Morgan fingerprint density at radius 3 is 2.43 bits per heavy atom. The van der Waals surface area contributed by atoms with Crippen LogP contribution in [0.3, 0.4) is 0 Å². The lowest BCUT2D eigenvalue weighted by Gasteiger charge is -2.22. The van der Waals surface area contributed by atoms with Gasteiger partial charge in [-0.05, 0) is 31.4 Å². The number of hydrogen-bond donors (Lipinski definition) is 8. The van der Waals surface area contributed by atoms with E-state index >= 15 is 0 Å². The molecule has 3 unspecified atom stereocenters. The van der Waals surface area contributed by atoms with Crippen LogP contribution in [0.1, 0.15) is 25.3 Å². The van der Waals surface area contributed by atoms with Gasteiger partial charge in [0.15, 0.2) is 5.96 Å². The molecule has 1 heterocycles. The van der Waals surface area contributed by atoms with E-state index in [2.05, 4.69) is 25.9 Å². The molecule has 13 nitrogen and oxygen atoms in total. The Hall–Kier alpha value is -4.13. The number of aliphatic carboxylic acids is 1. The lowest BCUT2D eigenvalue weighted by molar-refractivity contribution is -0.142. The van der Waals surface area contributed by atoms with Gasteiger partial charge in [0.25, 0.3) is 0 Å². The molecule has 0 aliphatic carbocycles. The Labute approximate surface area is 201 Å². The molecule has 1 aromatic carbocycles. The first kappa shape index (κ1) is 27.1. The number of para-hydroxylation sites is 1. The van der Waals surface area contributed by atoms with Crippen LogP contribution < -0.4 is 33.2 Å². The summed E-state index contributed by atoms with van der Waals surface area (Å²) >= 11 is 0. The third kappa shape index (κ3) is 8.30. The molecule has 0 bridgehead atoms. The van der Waals surface area contributed by atoms with Crippen LogP contribution in [0.15, 0.2) is 35.5 Å².